The molecule has 0 saturated carbocycles. The van der Waals surface area contributed by atoms with Crippen molar-refractivity contribution in [3.8, 4) is 0 Å². The van der Waals surface area contributed by atoms with E-state index in [0.29, 0.717) is 15.6 Å². The molecular weight excluding hydrogens is 335 g/mol. The van der Waals surface area contributed by atoms with E-state index in [-0.39, 0.29) is 0 Å². The van der Waals surface area contributed by atoms with Crippen LogP contribution in [0.5, 0.6) is 0 Å². The summed E-state index contributed by atoms with van der Waals surface area (Å²) < 4.78 is 0.980. The van der Waals surface area contributed by atoms with Gasteiger partial charge in [-0.3, -0.25) is 0 Å². The molecule has 1 atom stereocenters. The van der Waals surface area contributed by atoms with Crippen LogP contribution in [-0.4, -0.2) is 5.11 Å². The highest BCUT2D eigenvalue weighted by atomic mass is 79.9. The maximum absolute atomic E-state index is 10.4. The van der Waals surface area contributed by atoms with E-state index in [9.17, 15) is 5.11 Å². The van der Waals surface area contributed by atoms with Gasteiger partial charge in [0.1, 0.15) is 6.10 Å². The fourth-order valence-electron chi connectivity index (χ4n) is 1.84. The minimum absolute atomic E-state index is 0.509. The number of rotatable bonds is 2. The molecule has 0 aliphatic heterocycles. The standard InChI is InChI=1S/C14H11BrCl2O/c1-8-6-9(15)2-4-11(8)14(18)12-7-10(16)3-5-13(12)17/h2-7,14,18H,1H3. The predicted octanol–water partition coefficient (Wildman–Crippen LogP) is 5.15. The number of aryl methyl sites for hydroxylation is 1. The molecule has 1 N–H and O–H groups in total. The molecule has 0 radical (unpaired) electrons. The lowest BCUT2D eigenvalue weighted by molar-refractivity contribution is 0.219. The number of halogens is 3. The first-order chi connectivity index (χ1) is 8.49. The third-order valence-electron chi connectivity index (χ3n) is 2.78. The molecule has 0 aliphatic carbocycles. The quantitative estimate of drug-likeness (QED) is 0.798. The Hall–Kier alpha value is -0.540. The molecule has 1 unspecified atom stereocenters. The molecule has 2 aromatic carbocycles. The second kappa shape index (κ2) is 5.62. The third-order valence-corrected chi connectivity index (χ3v) is 3.85. The Kier molecular flexibility index (Phi) is 4.33. The summed E-state index contributed by atoms with van der Waals surface area (Å²) in [6.45, 7) is 1.95. The Balaban J connectivity index is 2.47. The summed E-state index contributed by atoms with van der Waals surface area (Å²) in [5.74, 6) is 0. The summed E-state index contributed by atoms with van der Waals surface area (Å²) in [5.41, 5.74) is 2.44. The molecule has 0 aliphatic rings. The molecule has 0 saturated heterocycles. The fourth-order valence-corrected chi connectivity index (χ4v) is 2.71. The molecule has 0 aromatic heterocycles. The second-order valence-corrected chi connectivity index (χ2v) is 5.83. The predicted molar refractivity (Wildman–Crippen MR) is 79.4 cm³/mol. The number of aliphatic hydroxyl groups is 1. The summed E-state index contributed by atoms with van der Waals surface area (Å²) in [5, 5.41) is 11.5. The van der Waals surface area contributed by atoms with Crippen molar-refractivity contribution in [2.24, 2.45) is 0 Å². The van der Waals surface area contributed by atoms with Crippen LogP contribution in [0.2, 0.25) is 10.0 Å². The molecule has 94 valence electrons. The maximum Gasteiger partial charge on any atom is 0.106 e. The Morgan fingerprint density at radius 1 is 1.06 bits per heavy atom. The molecule has 18 heavy (non-hydrogen) atoms. The number of hydrogen-bond acceptors (Lipinski definition) is 1. The van der Waals surface area contributed by atoms with Crippen molar-refractivity contribution in [1.82, 2.24) is 0 Å². The van der Waals surface area contributed by atoms with Gasteiger partial charge in [0.2, 0.25) is 0 Å². The fraction of sp³-hybridized carbons (Fsp3) is 0.143. The first kappa shape index (κ1) is 13.9. The average molecular weight is 346 g/mol. The largest absolute Gasteiger partial charge is 0.384 e. The first-order valence-corrected chi connectivity index (χ1v) is 6.93. The molecule has 0 bridgehead atoms. The van der Waals surface area contributed by atoms with Crippen molar-refractivity contribution < 1.29 is 5.11 Å². The smallest absolute Gasteiger partial charge is 0.106 e. The molecule has 0 amide bonds. The van der Waals surface area contributed by atoms with Crippen LogP contribution >= 0.6 is 39.1 Å². The average Bonchev–Trinajstić information content (AvgIpc) is 2.31. The second-order valence-electron chi connectivity index (χ2n) is 4.07. The summed E-state index contributed by atoms with van der Waals surface area (Å²) in [6, 6.07) is 10.8. The van der Waals surface area contributed by atoms with Crippen LogP contribution in [0.15, 0.2) is 40.9 Å². The maximum atomic E-state index is 10.4. The van der Waals surface area contributed by atoms with Crippen molar-refractivity contribution in [1.29, 1.82) is 0 Å². The van der Waals surface area contributed by atoms with E-state index in [1.165, 1.54) is 0 Å². The van der Waals surface area contributed by atoms with Gasteiger partial charge < -0.3 is 5.11 Å². The lowest BCUT2D eigenvalue weighted by Crippen LogP contribution is -2.02. The Bertz CT molecular complexity index is 584. The van der Waals surface area contributed by atoms with Crippen molar-refractivity contribution in [3.63, 3.8) is 0 Å². The van der Waals surface area contributed by atoms with E-state index >= 15 is 0 Å². The van der Waals surface area contributed by atoms with Gasteiger partial charge in [-0.05, 0) is 48.4 Å². The van der Waals surface area contributed by atoms with Gasteiger partial charge >= 0.3 is 0 Å². The van der Waals surface area contributed by atoms with E-state index in [1.54, 1.807) is 18.2 Å². The lowest BCUT2D eigenvalue weighted by atomic mass is 9.97. The summed E-state index contributed by atoms with van der Waals surface area (Å²) in [4.78, 5) is 0. The van der Waals surface area contributed by atoms with E-state index in [0.717, 1.165) is 15.6 Å². The molecule has 0 heterocycles. The van der Waals surface area contributed by atoms with Gasteiger partial charge in [-0.2, -0.15) is 0 Å². The van der Waals surface area contributed by atoms with Crippen LogP contribution in [-0.2, 0) is 0 Å². The van der Waals surface area contributed by atoms with E-state index in [1.807, 2.05) is 25.1 Å². The van der Waals surface area contributed by atoms with Gasteiger partial charge in [0.15, 0.2) is 0 Å². The van der Waals surface area contributed by atoms with Crippen molar-refractivity contribution >= 4 is 39.1 Å². The van der Waals surface area contributed by atoms with Gasteiger partial charge in [-0.1, -0.05) is 45.2 Å². The van der Waals surface area contributed by atoms with Crippen molar-refractivity contribution in [3.05, 3.63) is 67.6 Å². The molecule has 1 nitrogen and oxygen atoms in total. The zero-order valence-electron chi connectivity index (χ0n) is 9.62. The van der Waals surface area contributed by atoms with Crippen molar-refractivity contribution in [2.75, 3.05) is 0 Å². The number of benzene rings is 2. The first-order valence-electron chi connectivity index (χ1n) is 5.38. The Morgan fingerprint density at radius 2 is 1.78 bits per heavy atom. The highest BCUT2D eigenvalue weighted by Gasteiger charge is 2.16. The Labute approximate surface area is 124 Å². The van der Waals surface area contributed by atoms with Crippen LogP contribution < -0.4 is 0 Å². The van der Waals surface area contributed by atoms with Crippen molar-refractivity contribution in [2.45, 2.75) is 13.0 Å². The van der Waals surface area contributed by atoms with Gasteiger partial charge in [-0.25, -0.2) is 0 Å². The monoisotopic (exact) mass is 344 g/mol. The van der Waals surface area contributed by atoms with Crippen LogP contribution in [0.3, 0.4) is 0 Å². The van der Waals surface area contributed by atoms with Crippen LogP contribution in [0.25, 0.3) is 0 Å². The molecule has 0 spiro atoms. The normalized spacial score (nSPS) is 12.5. The summed E-state index contributed by atoms with van der Waals surface area (Å²) in [7, 11) is 0. The molecule has 0 fully saturated rings. The SMILES string of the molecule is Cc1cc(Br)ccc1C(O)c1cc(Cl)ccc1Cl. The summed E-state index contributed by atoms with van der Waals surface area (Å²) >= 11 is 15.4. The molecular formula is C14H11BrCl2O. The zero-order chi connectivity index (χ0) is 13.3. The zero-order valence-corrected chi connectivity index (χ0v) is 12.7. The molecule has 4 heteroatoms. The number of hydrogen-bond donors (Lipinski definition) is 1. The van der Waals surface area contributed by atoms with Gasteiger partial charge in [0.05, 0.1) is 0 Å². The number of aliphatic hydroxyl groups excluding tert-OH is 1. The lowest BCUT2D eigenvalue weighted by Gasteiger charge is -2.16. The third kappa shape index (κ3) is 2.89. The Morgan fingerprint density at radius 3 is 2.44 bits per heavy atom. The van der Waals surface area contributed by atoms with Gasteiger partial charge in [0, 0.05) is 20.1 Å². The topological polar surface area (TPSA) is 20.2 Å². The van der Waals surface area contributed by atoms with Crippen LogP contribution in [0, 0.1) is 6.92 Å². The van der Waals surface area contributed by atoms with Crippen LogP contribution in [0.1, 0.15) is 22.8 Å². The minimum atomic E-state index is -0.774. The van der Waals surface area contributed by atoms with E-state index in [4.69, 9.17) is 23.2 Å². The highest BCUT2D eigenvalue weighted by Crippen LogP contribution is 2.32. The minimum Gasteiger partial charge on any atom is -0.384 e. The molecule has 2 rings (SSSR count). The highest BCUT2D eigenvalue weighted by molar-refractivity contribution is 9.10. The van der Waals surface area contributed by atoms with E-state index < -0.39 is 6.10 Å². The van der Waals surface area contributed by atoms with Crippen LogP contribution in [0.4, 0.5) is 0 Å². The summed E-state index contributed by atoms with van der Waals surface area (Å²) in [6.07, 6.45) is -0.774. The van der Waals surface area contributed by atoms with Gasteiger partial charge in [0.25, 0.3) is 0 Å². The van der Waals surface area contributed by atoms with Gasteiger partial charge in [-0.15, -0.1) is 0 Å². The van der Waals surface area contributed by atoms with E-state index in [2.05, 4.69) is 15.9 Å². The molecule has 2 aromatic rings.